The highest BCUT2D eigenvalue weighted by atomic mass is 35.5. The number of carbonyl (C=O) groups is 2. The van der Waals surface area contributed by atoms with Crippen LogP contribution in [0.3, 0.4) is 0 Å². The lowest BCUT2D eigenvalue weighted by atomic mass is 10.1. The van der Waals surface area contributed by atoms with Gasteiger partial charge in [-0.05, 0) is 63.1 Å². The zero-order chi connectivity index (χ0) is 28.3. The van der Waals surface area contributed by atoms with Gasteiger partial charge in [0.2, 0.25) is 0 Å². The van der Waals surface area contributed by atoms with Gasteiger partial charge >= 0.3 is 18.2 Å². The average Bonchev–Trinajstić information content (AvgIpc) is 2.84. The molecule has 210 valence electrons. The minimum absolute atomic E-state index is 0.0726. The summed E-state index contributed by atoms with van der Waals surface area (Å²) in [7, 11) is 0. The first-order valence-corrected chi connectivity index (χ1v) is 13.1. The summed E-state index contributed by atoms with van der Waals surface area (Å²) in [5.41, 5.74) is -1.79. The molecule has 0 saturated heterocycles. The number of amides is 2. The van der Waals surface area contributed by atoms with Crippen molar-refractivity contribution in [1.82, 2.24) is 4.90 Å². The van der Waals surface area contributed by atoms with Crippen LogP contribution < -0.4 is 10.1 Å². The Kier molecular flexibility index (Phi) is 11.8. The van der Waals surface area contributed by atoms with E-state index in [1.54, 1.807) is 45.0 Å². The Balaban J connectivity index is 2.18. The largest absolute Gasteiger partial charge is 0.476 e. The Labute approximate surface area is 227 Å². The van der Waals surface area contributed by atoms with Gasteiger partial charge in [-0.2, -0.15) is 13.2 Å². The van der Waals surface area contributed by atoms with Gasteiger partial charge in [-0.3, -0.25) is 0 Å². The highest BCUT2D eigenvalue weighted by Gasteiger charge is 2.35. The van der Waals surface area contributed by atoms with Gasteiger partial charge in [0.15, 0.2) is 5.60 Å². The van der Waals surface area contributed by atoms with E-state index in [0.29, 0.717) is 12.3 Å². The number of alkyl halides is 3. The van der Waals surface area contributed by atoms with Crippen LogP contribution in [0.15, 0.2) is 42.5 Å². The molecule has 0 heterocycles. The molecule has 0 radical (unpaired) electrons. The Bertz CT molecular complexity index is 1060. The minimum Gasteiger partial charge on any atom is -0.476 e. The summed E-state index contributed by atoms with van der Waals surface area (Å²) >= 11 is 5.77. The number of anilines is 1. The van der Waals surface area contributed by atoms with Crippen LogP contribution in [0.5, 0.6) is 5.75 Å². The average molecular weight is 557 g/mol. The molecule has 38 heavy (non-hydrogen) atoms. The number of benzene rings is 2. The number of carbonyl (C=O) groups excluding carboxylic acids is 2. The van der Waals surface area contributed by atoms with Crippen LogP contribution in [0, 0.1) is 0 Å². The first-order chi connectivity index (χ1) is 17.9. The number of unbranched alkanes of at least 4 members (excludes halogenated alkanes) is 4. The van der Waals surface area contributed by atoms with E-state index in [9.17, 15) is 22.8 Å². The molecule has 2 rings (SSSR count). The number of ether oxygens (including phenoxy) is 2. The number of hydrogen-bond acceptors (Lipinski definition) is 4. The van der Waals surface area contributed by atoms with Crippen LogP contribution >= 0.6 is 11.6 Å². The lowest BCUT2D eigenvalue weighted by Crippen LogP contribution is -2.39. The number of esters is 1. The molecule has 0 unspecified atom stereocenters. The van der Waals surface area contributed by atoms with Crippen LogP contribution in [0.1, 0.15) is 70.9 Å². The van der Waals surface area contributed by atoms with Gasteiger partial charge < -0.3 is 19.7 Å². The maximum atomic E-state index is 13.5. The first-order valence-electron chi connectivity index (χ1n) is 12.7. The van der Waals surface area contributed by atoms with Crippen LogP contribution in [0.4, 0.5) is 23.7 Å². The Morgan fingerprint density at radius 2 is 1.63 bits per heavy atom. The van der Waals surface area contributed by atoms with Crippen molar-refractivity contribution < 1.29 is 32.2 Å². The molecule has 0 aliphatic rings. The number of halogens is 4. The van der Waals surface area contributed by atoms with Crippen LogP contribution in [0.25, 0.3) is 0 Å². The van der Waals surface area contributed by atoms with E-state index >= 15 is 0 Å². The van der Waals surface area contributed by atoms with Gasteiger partial charge in [0.1, 0.15) is 5.75 Å². The van der Waals surface area contributed by atoms with Crippen molar-refractivity contribution >= 4 is 29.3 Å². The second-order valence-electron chi connectivity index (χ2n) is 9.43. The van der Waals surface area contributed by atoms with Crippen molar-refractivity contribution in [1.29, 1.82) is 0 Å². The molecule has 0 atom stereocenters. The monoisotopic (exact) mass is 556 g/mol. The zero-order valence-corrected chi connectivity index (χ0v) is 23.0. The summed E-state index contributed by atoms with van der Waals surface area (Å²) in [5, 5.41) is 2.34. The molecule has 6 nitrogen and oxygen atoms in total. The molecule has 2 aromatic rings. The summed E-state index contributed by atoms with van der Waals surface area (Å²) in [5.74, 6) is -0.0474. The molecule has 2 aromatic carbocycles. The summed E-state index contributed by atoms with van der Waals surface area (Å²) in [6, 6.07) is 9.45. The van der Waals surface area contributed by atoms with E-state index in [4.69, 9.17) is 21.1 Å². The second kappa shape index (κ2) is 14.3. The standard InChI is InChI=1S/C28H36ClF3N2O4/c1-5-7-8-9-10-17-34(26(36)33-24-16-13-21(29)18-23(24)28(30,31)32)19-20-11-14-22(15-12-20)38-27(3,4)25(35)37-6-2/h11-16,18H,5-10,17,19H2,1-4H3,(H,33,36). The normalized spacial score (nSPS) is 11.7. The van der Waals surface area contributed by atoms with Gasteiger partial charge in [-0.1, -0.05) is 56.3 Å². The van der Waals surface area contributed by atoms with Crippen molar-refractivity contribution in [3.63, 3.8) is 0 Å². The van der Waals surface area contributed by atoms with E-state index < -0.39 is 29.3 Å². The molecule has 0 aliphatic heterocycles. The van der Waals surface area contributed by atoms with E-state index in [-0.39, 0.29) is 23.9 Å². The predicted molar refractivity (Wildman–Crippen MR) is 142 cm³/mol. The maximum Gasteiger partial charge on any atom is 0.418 e. The number of nitrogens with one attached hydrogen (secondary N) is 1. The number of nitrogens with zero attached hydrogens (tertiary/aromatic N) is 1. The van der Waals surface area contributed by atoms with Crippen molar-refractivity contribution in [3.05, 3.63) is 58.6 Å². The quantitative estimate of drug-likeness (QED) is 0.200. The molecule has 0 fully saturated rings. The van der Waals surface area contributed by atoms with Crippen molar-refractivity contribution in [2.24, 2.45) is 0 Å². The number of hydrogen-bond donors (Lipinski definition) is 1. The molecule has 0 aromatic heterocycles. The molecule has 0 spiro atoms. The third kappa shape index (κ3) is 9.74. The number of urea groups is 1. The third-order valence-electron chi connectivity index (χ3n) is 5.78. The summed E-state index contributed by atoms with van der Waals surface area (Å²) in [4.78, 5) is 26.7. The fourth-order valence-electron chi connectivity index (χ4n) is 3.74. The van der Waals surface area contributed by atoms with Crippen molar-refractivity contribution in [2.45, 2.75) is 78.1 Å². The second-order valence-corrected chi connectivity index (χ2v) is 9.87. The van der Waals surface area contributed by atoms with Gasteiger partial charge in [-0.25, -0.2) is 9.59 Å². The molecular formula is C28H36ClF3N2O4. The van der Waals surface area contributed by atoms with Crippen LogP contribution in [-0.2, 0) is 22.3 Å². The molecule has 2 amide bonds. The van der Waals surface area contributed by atoms with E-state index in [1.807, 2.05) is 0 Å². The summed E-state index contributed by atoms with van der Waals surface area (Å²) in [6.45, 7) is 7.82. The SMILES string of the molecule is CCCCCCCN(Cc1ccc(OC(C)(C)C(=O)OCC)cc1)C(=O)Nc1ccc(Cl)cc1C(F)(F)F. The lowest BCUT2D eigenvalue weighted by molar-refractivity contribution is -0.158. The van der Waals surface area contributed by atoms with E-state index in [1.165, 1.54) is 11.0 Å². The molecular weight excluding hydrogens is 521 g/mol. The first kappa shape index (κ1) is 31.3. The molecule has 1 N–H and O–H groups in total. The van der Waals surface area contributed by atoms with Crippen LogP contribution in [-0.4, -0.2) is 35.7 Å². The zero-order valence-electron chi connectivity index (χ0n) is 22.3. The van der Waals surface area contributed by atoms with E-state index in [0.717, 1.165) is 49.8 Å². The van der Waals surface area contributed by atoms with Gasteiger partial charge in [0.05, 0.1) is 17.9 Å². The minimum atomic E-state index is -4.67. The van der Waals surface area contributed by atoms with Crippen molar-refractivity contribution in [2.75, 3.05) is 18.5 Å². The van der Waals surface area contributed by atoms with Gasteiger partial charge in [-0.15, -0.1) is 0 Å². The predicted octanol–water partition coefficient (Wildman–Crippen LogP) is 8.08. The van der Waals surface area contributed by atoms with Gasteiger partial charge in [0.25, 0.3) is 0 Å². The fourth-order valence-corrected chi connectivity index (χ4v) is 3.91. The lowest BCUT2D eigenvalue weighted by Gasteiger charge is -2.25. The Morgan fingerprint density at radius 1 is 0.974 bits per heavy atom. The smallest absolute Gasteiger partial charge is 0.418 e. The Hall–Kier alpha value is -2.94. The highest BCUT2D eigenvalue weighted by molar-refractivity contribution is 6.30. The topological polar surface area (TPSA) is 67.9 Å². The van der Waals surface area contributed by atoms with Crippen molar-refractivity contribution in [3.8, 4) is 5.75 Å². The molecule has 0 bridgehead atoms. The third-order valence-corrected chi connectivity index (χ3v) is 6.02. The van der Waals surface area contributed by atoms with Crippen LogP contribution in [0.2, 0.25) is 5.02 Å². The summed E-state index contributed by atoms with van der Waals surface area (Å²) < 4.78 is 51.4. The molecule has 0 aliphatic carbocycles. The fraction of sp³-hybridized carbons (Fsp3) is 0.500. The molecule has 10 heteroatoms. The summed E-state index contributed by atoms with van der Waals surface area (Å²) in [6.07, 6.45) is 0.115. The van der Waals surface area contributed by atoms with Gasteiger partial charge in [0, 0.05) is 18.1 Å². The maximum absolute atomic E-state index is 13.5. The number of rotatable bonds is 13. The van der Waals surface area contributed by atoms with E-state index in [2.05, 4.69) is 12.2 Å². The highest BCUT2D eigenvalue weighted by Crippen LogP contribution is 2.36. The Morgan fingerprint density at radius 3 is 2.24 bits per heavy atom. The molecule has 0 saturated carbocycles.